The maximum absolute atomic E-state index is 12.5. The van der Waals surface area contributed by atoms with Gasteiger partial charge < -0.3 is 5.32 Å². The lowest BCUT2D eigenvalue weighted by molar-refractivity contribution is -0.119. The van der Waals surface area contributed by atoms with Gasteiger partial charge in [-0.05, 0) is 32.4 Å². The summed E-state index contributed by atoms with van der Waals surface area (Å²) in [7, 11) is 0. The molecule has 1 amide bonds. The average Bonchev–Trinajstić information content (AvgIpc) is 3.36. The van der Waals surface area contributed by atoms with E-state index >= 15 is 0 Å². The quantitative estimate of drug-likeness (QED) is 0.377. The Bertz CT molecular complexity index is 1150. The van der Waals surface area contributed by atoms with Gasteiger partial charge in [0, 0.05) is 27.1 Å². The van der Waals surface area contributed by atoms with Crippen LogP contribution in [0.1, 0.15) is 38.4 Å². The van der Waals surface area contributed by atoms with E-state index in [1.807, 2.05) is 49.4 Å². The molecule has 4 aromatic rings. The number of carbonyl (C=O) groups excluding carboxylic acids is 1. The van der Waals surface area contributed by atoms with E-state index in [0.717, 1.165) is 22.1 Å². The van der Waals surface area contributed by atoms with Crippen molar-refractivity contribution in [2.24, 2.45) is 0 Å². The van der Waals surface area contributed by atoms with Crippen LogP contribution in [-0.2, 0) is 4.79 Å². The van der Waals surface area contributed by atoms with Gasteiger partial charge in [0.25, 0.3) is 0 Å². The van der Waals surface area contributed by atoms with Gasteiger partial charge in [-0.1, -0.05) is 60.3 Å². The first-order valence-electron chi connectivity index (χ1n) is 9.93. The number of thiophene rings is 1. The van der Waals surface area contributed by atoms with Gasteiger partial charge in [-0.25, -0.2) is 0 Å². The largest absolute Gasteiger partial charge is 0.349 e. The molecule has 0 aliphatic carbocycles. The molecule has 154 valence electrons. The third-order valence-corrected chi connectivity index (χ3v) is 6.82. The minimum absolute atomic E-state index is 0.0165. The number of benzene rings is 2. The second kappa shape index (κ2) is 9.02. The molecule has 0 aliphatic heterocycles. The highest BCUT2D eigenvalue weighted by Gasteiger charge is 2.20. The summed E-state index contributed by atoms with van der Waals surface area (Å²) in [5.41, 5.74) is 2.18. The predicted octanol–water partition coefficient (Wildman–Crippen LogP) is 5.71. The van der Waals surface area contributed by atoms with Gasteiger partial charge in [0.05, 0.1) is 11.8 Å². The molecule has 4 rings (SSSR count). The lowest BCUT2D eigenvalue weighted by Gasteiger charge is -2.15. The van der Waals surface area contributed by atoms with Gasteiger partial charge in [-0.15, -0.1) is 21.5 Å². The zero-order valence-corrected chi connectivity index (χ0v) is 18.8. The monoisotopic (exact) mass is 436 g/mol. The fourth-order valence-electron chi connectivity index (χ4n) is 3.41. The highest BCUT2D eigenvalue weighted by atomic mass is 32.2. The van der Waals surface area contributed by atoms with Crippen molar-refractivity contribution in [1.82, 2.24) is 20.1 Å². The Morgan fingerprint density at radius 1 is 1.07 bits per heavy atom. The summed E-state index contributed by atoms with van der Waals surface area (Å²) < 4.78 is 3.35. The molecule has 0 saturated carbocycles. The lowest BCUT2D eigenvalue weighted by Crippen LogP contribution is -2.28. The molecule has 1 N–H and O–H groups in total. The Balaban J connectivity index is 1.50. The Morgan fingerprint density at radius 2 is 1.80 bits per heavy atom. The molecule has 0 aliphatic rings. The van der Waals surface area contributed by atoms with Crippen LogP contribution < -0.4 is 5.32 Å². The zero-order chi connectivity index (χ0) is 21.1. The van der Waals surface area contributed by atoms with Crippen molar-refractivity contribution in [2.45, 2.75) is 38.0 Å². The molecule has 1 unspecified atom stereocenters. The van der Waals surface area contributed by atoms with Crippen LogP contribution in [0.25, 0.3) is 21.5 Å². The maximum Gasteiger partial charge on any atom is 0.230 e. The van der Waals surface area contributed by atoms with E-state index in [-0.39, 0.29) is 18.0 Å². The molecule has 0 fully saturated rings. The molecular formula is C23H24N4OS2. The van der Waals surface area contributed by atoms with Crippen LogP contribution in [0.4, 0.5) is 0 Å². The van der Waals surface area contributed by atoms with Crippen LogP contribution in [0.2, 0.25) is 0 Å². The normalized spacial score (nSPS) is 12.4. The van der Waals surface area contributed by atoms with E-state index in [1.54, 1.807) is 11.3 Å². The lowest BCUT2D eigenvalue weighted by atomic mass is 10.1. The fourth-order valence-corrected chi connectivity index (χ4v) is 5.23. The maximum atomic E-state index is 12.5. The molecule has 2 heterocycles. The number of hydrogen-bond donors (Lipinski definition) is 1. The minimum atomic E-state index is -0.0324. The van der Waals surface area contributed by atoms with E-state index in [4.69, 9.17) is 0 Å². The van der Waals surface area contributed by atoms with Crippen LogP contribution >= 0.6 is 23.1 Å². The molecule has 0 saturated heterocycles. The van der Waals surface area contributed by atoms with Gasteiger partial charge in [0.1, 0.15) is 0 Å². The summed E-state index contributed by atoms with van der Waals surface area (Å²) in [5, 5.41) is 16.0. The predicted molar refractivity (Wildman–Crippen MR) is 125 cm³/mol. The summed E-state index contributed by atoms with van der Waals surface area (Å²) in [5.74, 6) is 1.13. The average molecular weight is 437 g/mol. The summed E-state index contributed by atoms with van der Waals surface area (Å²) in [4.78, 5) is 12.5. The number of nitrogens with zero attached hydrogens (tertiary/aromatic N) is 3. The second-order valence-electron chi connectivity index (χ2n) is 7.40. The smallest absolute Gasteiger partial charge is 0.230 e. The van der Waals surface area contributed by atoms with Gasteiger partial charge in [0.15, 0.2) is 11.0 Å². The summed E-state index contributed by atoms with van der Waals surface area (Å²) >= 11 is 3.13. The standard InChI is InChI=1S/C23H24N4OS2/c1-15(2)27-22(19-13-29-20-12-8-7-11-18(19)20)25-26-23(27)30-14-21(28)24-16(3)17-9-5-4-6-10-17/h4-13,15-16H,14H2,1-3H3,(H,24,28). The van der Waals surface area contributed by atoms with Crippen molar-refractivity contribution in [2.75, 3.05) is 5.75 Å². The van der Waals surface area contributed by atoms with E-state index < -0.39 is 0 Å². The van der Waals surface area contributed by atoms with Crippen LogP contribution in [0.5, 0.6) is 0 Å². The van der Waals surface area contributed by atoms with Crippen molar-refractivity contribution in [3.8, 4) is 11.4 Å². The Hall–Kier alpha value is -2.64. The number of aromatic nitrogens is 3. The summed E-state index contributed by atoms with van der Waals surface area (Å²) in [6.07, 6.45) is 0. The molecule has 0 spiro atoms. The number of hydrogen-bond acceptors (Lipinski definition) is 5. The highest BCUT2D eigenvalue weighted by molar-refractivity contribution is 7.99. The van der Waals surface area contributed by atoms with E-state index in [0.29, 0.717) is 5.75 Å². The van der Waals surface area contributed by atoms with Crippen molar-refractivity contribution >= 4 is 39.1 Å². The minimum Gasteiger partial charge on any atom is -0.349 e. The first kappa shape index (κ1) is 20.6. The number of thioether (sulfide) groups is 1. The molecule has 30 heavy (non-hydrogen) atoms. The molecule has 1 atom stereocenters. The highest BCUT2D eigenvalue weighted by Crippen LogP contribution is 2.35. The van der Waals surface area contributed by atoms with Crippen LogP contribution in [0, 0.1) is 0 Å². The first-order chi connectivity index (χ1) is 14.5. The van der Waals surface area contributed by atoms with E-state index in [9.17, 15) is 4.79 Å². The van der Waals surface area contributed by atoms with Crippen LogP contribution in [-0.4, -0.2) is 26.4 Å². The summed E-state index contributed by atoms with van der Waals surface area (Å²) in [6.45, 7) is 6.22. The first-order valence-corrected chi connectivity index (χ1v) is 11.8. The van der Waals surface area contributed by atoms with Crippen molar-refractivity contribution in [3.05, 3.63) is 65.5 Å². The molecule has 0 radical (unpaired) electrons. The van der Waals surface area contributed by atoms with Crippen molar-refractivity contribution < 1.29 is 4.79 Å². The van der Waals surface area contributed by atoms with Crippen LogP contribution in [0.15, 0.2) is 65.1 Å². The van der Waals surface area contributed by atoms with Crippen LogP contribution in [0.3, 0.4) is 0 Å². The fraction of sp³-hybridized carbons (Fsp3) is 0.261. The number of carbonyl (C=O) groups is 1. The Labute approximate surface area is 184 Å². The van der Waals surface area contributed by atoms with Crippen molar-refractivity contribution in [3.63, 3.8) is 0 Å². The molecule has 2 aromatic carbocycles. The number of fused-ring (bicyclic) bond motifs is 1. The van der Waals surface area contributed by atoms with Gasteiger partial charge in [0.2, 0.25) is 5.91 Å². The molecule has 2 aromatic heterocycles. The van der Waals surface area contributed by atoms with E-state index in [2.05, 4.69) is 51.4 Å². The molecule has 0 bridgehead atoms. The SMILES string of the molecule is CC(NC(=O)CSc1nnc(-c2csc3ccccc23)n1C(C)C)c1ccccc1. The Kier molecular flexibility index (Phi) is 6.20. The van der Waals surface area contributed by atoms with Gasteiger partial charge in [-0.3, -0.25) is 9.36 Å². The third-order valence-electron chi connectivity index (χ3n) is 4.91. The number of amides is 1. The Morgan fingerprint density at radius 3 is 2.57 bits per heavy atom. The topological polar surface area (TPSA) is 59.8 Å². The number of nitrogens with one attached hydrogen (secondary N) is 1. The molecule has 7 heteroatoms. The summed E-state index contributed by atoms with van der Waals surface area (Å²) in [6, 6.07) is 18.4. The van der Waals surface area contributed by atoms with Gasteiger partial charge in [-0.2, -0.15) is 0 Å². The third kappa shape index (κ3) is 4.27. The zero-order valence-electron chi connectivity index (χ0n) is 17.2. The van der Waals surface area contributed by atoms with E-state index in [1.165, 1.54) is 21.8 Å². The molecular weight excluding hydrogens is 412 g/mol. The van der Waals surface area contributed by atoms with Crippen molar-refractivity contribution in [1.29, 1.82) is 0 Å². The second-order valence-corrected chi connectivity index (χ2v) is 9.26. The van der Waals surface area contributed by atoms with Gasteiger partial charge >= 0.3 is 0 Å². The molecule has 5 nitrogen and oxygen atoms in total. The number of rotatable bonds is 7.